The van der Waals surface area contributed by atoms with Gasteiger partial charge in [0.25, 0.3) is 0 Å². The number of hydrogen-bond acceptors (Lipinski definition) is 4. The van der Waals surface area contributed by atoms with Gasteiger partial charge in [0.1, 0.15) is 35.8 Å². The van der Waals surface area contributed by atoms with E-state index in [0.29, 0.717) is 24.7 Å². The van der Waals surface area contributed by atoms with Crippen LogP contribution in [0.25, 0.3) is 0 Å². The second-order valence-corrected chi connectivity index (χ2v) is 5.79. The van der Waals surface area contributed by atoms with Crippen molar-refractivity contribution in [3.05, 3.63) is 54.3 Å². The molecule has 0 aromatic heterocycles. The fourth-order valence-electron chi connectivity index (χ4n) is 2.28. The third-order valence-corrected chi connectivity index (χ3v) is 3.38. The van der Waals surface area contributed by atoms with Gasteiger partial charge in [0.2, 0.25) is 0 Å². The summed E-state index contributed by atoms with van der Waals surface area (Å²) in [5.41, 5.74) is 0. The van der Waals surface area contributed by atoms with Crippen molar-refractivity contribution in [1.82, 2.24) is 0 Å². The molecule has 0 radical (unpaired) electrons. The summed E-state index contributed by atoms with van der Waals surface area (Å²) in [6, 6.07) is 13.1. The lowest BCUT2D eigenvalue weighted by atomic mass is 10.3. The summed E-state index contributed by atoms with van der Waals surface area (Å²) in [5, 5.41) is 0. The van der Waals surface area contributed by atoms with Crippen molar-refractivity contribution < 1.29 is 23.3 Å². The van der Waals surface area contributed by atoms with E-state index in [-0.39, 0.29) is 11.9 Å². The van der Waals surface area contributed by atoms with Gasteiger partial charge in [-0.3, -0.25) is 0 Å². The Morgan fingerprint density at radius 3 is 2.13 bits per heavy atom. The number of ether oxygens (including phenoxy) is 4. The predicted octanol–water partition coefficient (Wildman–Crippen LogP) is 4.15. The molecule has 1 saturated heterocycles. The van der Waals surface area contributed by atoms with Gasteiger partial charge in [-0.2, -0.15) is 0 Å². The maximum atomic E-state index is 12.8. The summed E-state index contributed by atoms with van der Waals surface area (Å²) in [7, 11) is 0. The average Bonchev–Trinajstić information content (AvgIpc) is 2.88. The van der Waals surface area contributed by atoms with Crippen LogP contribution in [0, 0.1) is 5.82 Å². The zero-order chi connectivity index (χ0) is 16.3. The Morgan fingerprint density at radius 1 is 1.00 bits per heavy atom. The first-order chi connectivity index (χ1) is 11.0. The first kappa shape index (κ1) is 15.8. The second kappa shape index (κ2) is 6.56. The molecule has 0 spiro atoms. The van der Waals surface area contributed by atoms with Crippen LogP contribution in [0.1, 0.15) is 13.8 Å². The maximum Gasteiger partial charge on any atom is 0.163 e. The van der Waals surface area contributed by atoms with E-state index in [1.807, 2.05) is 26.0 Å². The molecule has 2 aromatic carbocycles. The third kappa shape index (κ3) is 4.43. The zero-order valence-electron chi connectivity index (χ0n) is 13.1. The third-order valence-electron chi connectivity index (χ3n) is 3.38. The van der Waals surface area contributed by atoms with Gasteiger partial charge in [-0.1, -0.05) is 0 Å². The Hall–Kier alpha value is -2.11. The molecule has 1 fully saturated rings. The molecule has 0 saturated carbocycles. The molecule has 0 aliphatic carbocycles. The Balaban J connectivity index is 1.52. The van der Waals surface area contributed by atoms with Crippen LogP contribution in [0.3, 0.4) is 0 Å². The van der Waals surface area contributed by atoms with Crippen LogP contribution < -0.4 is 9.47 Å². The summed E-state index contributed by atoms with van der Waals surface area (Å²) >= 11 is 0. The van der Waals surface area contributed by atoms with Gasteiger partial charge < -0.3 is 18.9 Å². The lowest BCUT2D eigenvalue weighted by molar-refractivity contribution is -0.141. The quantitative estimate of drug-likeness (QED) is 0.830. The molecular formula is C18H19FO4. The first-order valence-electron chi connectivity index (χ1n) is 7.48. The fraction of sp³-hybridized carbons (Fsp3) is 0.333. The minimum absolute atomic E-state index is 0.0693. The summed E-state index contributed by atoms with van der Waals surface area (Å²) in [6.07, 6.45) is -0.0693. The number of halogens is 1. The molecule has 0 N–H and O–H groups in total. The van der Waals surface area contributed by atoms with Crippen LogP contribution in [-0.2, 0) is 9.47 Å². The first-order valence-corrected chi connectivity index (χ1v) is 7.48. The summed E-state index contributed by atoms with van der Waals surface area (Å²) in [4.78, 5) is 0. The van der Waals surface area contributed by atoms with Crippen molar-refractivity contribution in [2.24, 2.45) is 0 Å². The summed E-state index contributed by atoms with van der Waals surface area (Å²) in [5.74, 6) is 1.14. The lowest BCUT2D eigenvalue weighted by Gasteiger charge is -2.17. The average molecular weight is 318 g/mol. The van der Waals surface area contributed by atoms with Crippen LogP contribution in [0.15, 0.2) is 48.5 Å². The van der Waals surface area contributed by atoms with Crippen molar-refractivity contribution in [1.29, 1.82) is 0 Å². The Morgan fingerprint density at radius 2 is 1.57 bits per heavy atom. The Kier molecular flexibility index (Phi) is 4.50. The lowest BCUT2D eigenvalue weighted by Crippen LogP contribution is -2.25. The Bertz CT molecular complexity index is 637. The van der Waals surface area contributed by atoms with Gasteiger partial charge >= 0.3 is 0 Å². The molecule has 1 heterocycles. The van der Waals surface area contributed by atoms with E-state index in [0.717, 1.165) is 5.75 Å². The fourth-order valence-corrected chi connectivity index (χ4v) is 2.28. The topological polar surface area (TPSA) is 36.9 Å². The molecule has 0 amide bonds. The van der Waals surface area contributed by atoms with E-state index < -0.39 is 5.79 Å². The summed E-state index contributed by atoms with van der Waals surface area (Å²) < 4.78 is 35.3. The van der Waals surface area contributed by atoms with E-state index in [1.54, 1.807) is 24.3 Å². The second-order valence-electron chi connectivity index (χ2n) is 5.79. The minimum Gasteiger partial charge on any atom is -0.491 e. The standard InChI is InChI=1S/C18H19FO4/c1-18(2)21-12-17(23-18)11-20-14-7-9-16(10-8-14)22-15-5-3-13(19)4-6-15/h3-10,17H,11-12H2,1-2H3/t17-/m1/s1. The molecule has 5 heteroatoms. The van der Waals surface area contributed by atoms with Gasteiger partial charge in [-0.25, -0.2) is 4.39 Å². The van der Waals surface area contributed by atoms with E-state index in [9.17, 15) is 4.39 Å². The molecule has 23 heavy (non-hydrogen) atoms. The van der Waals surface area contributed by atoms with Crippen molar-refractivity contribution in [2.75, 3.05) is 13.2 Å². The van der Waals surface area contributed by atoms with E-state index in [2.05, 4.69) is 0 Å². The number of rotatable bonds is 5. The monoisotopic (exact) mass is 318 g/mol. The molecule has 2 aromatic rings. The van der Waals surface area contributed by atoms with Crippen LogP contribution in [-0.4, -0.2) is 25.1 Å². The zero-order valence-corrected chi connectivity index (χ0v) is 13.1. The van der Waals surface area contributed by atoms with Crippen molar-refractivity contribution in [3.63, 3.8) is 0 Å². The van der Waals surface area contributed by atoms with E-state index in [4.69, 9.17) is 18.9 Å². The predicted molar refractivity (Wildman–Crippen MR) is 83.3 cm³/mol. The molecule has 1 aliphatic rings. The minimum atomic E-state index is -0.541. The van der Waals surface area contributed by atoms with Crippen LogP contribution in [0.5, 0.6) is 17.2 Å². The highest BCUT2D eigenvalue weighted by atomic mass is 19.1. The summed E-state index contributed by atoms with van der Waals surface area (Å²) in [6.45, 7) is 4.73. The van der Waals surface area contributed by atoms with Crippen molar-refractivity contribution >= 4 is 0 Å². The molecule has 3 rings (SSSR count). The van der Waals surface area contributed by atoms with Gasteiger partial charge in [0.05, 0.1) is 6.61 Å². The van der Waals surface area contributed by atoms with Crippen LogP contribution >= 0.6 is 0 Å². The smallest absolute Gasteiger partial charge is 0.163 e. The molecule has 0 bridgehead atoms. The highest BCUT2D eigenvalue weighted by molar-refractivity contribution is 5.35. The number of hydrogen-bond donors (Lipinski definition) is 0. The van der Waals surface area contributed by atoms with Crippen molar-refractivity contribution in [3.8, 4) is 17.2 Å². The van der Waals surface area contributed by atoms with Crippen LogP contribution in [0.4, 0.5) is 4.39 Å². The van der Waals surface area contributed by atoms with Gasteiger partial charge in [-0.05, 0) is 62.4 Å². The SMILES string of the molecule is CC1(C)OC[C@@H](COc2ccc(Oc3ccc(F)cc3)cc2)O1. The highest BCUT2D eigenvalue weighted by Crippen LogP contribution is 2.25. The van der Waals surface area contributed by atoms with E-state index in [1.165, 1.54) is 12.1 Å². The maximum absolute atomic E-state index is 12.8. The van der Waals surface area contributed by atoms with E-state index >= 15 is 0 Å². The molecule has 1 aliphatic heterocycles. The molecule has 0 unspecified atom stereocenters. The normalized spacial score (nSPS) is 19.5. The molecule has 122 valence electrons. The number of benzene rings is 2. The largest absolute Gasteiger partial charge is 0.491 e. The highest BCUT2D eigenvalue weighted by Gasteiger charge is 2.32. The van der Waals surface area contributed by atoms with Crippen molar-refractivity contribution in [2.45, 2.75) is 25.7 Å². The molecule has 4 nitrogen and oxygen atoms in total. The molecular weight excluding hydrogens is 299 g/mol. The Labute approximate surface area is 134 Å². The van der Waals surface area contributed by atoms with Crippen LogP contribution in [0.2, 0.25) is 0 Å². The van der Waals surface area contributed by atoms with Gasteiger partial charge in [0, 0.05) is 0 Å². The van der Waals surface area contributed by atoms with Gasteiger partial charge in [0.15, 0.2) is 5.79 Å². The molecule has 1 atom stereocenters. The van der Waals surface area contributed by atoms with Gasteiger partial charge in [-0.15, -0.1) is 0 Å².